The number of hydrogen-bond donors (Lipinski definition) is 1. The monoisotopic (exact) mass is 234 g/mol. The molecule has 0 bridgehead atoms. The minimum absolute atomic E-state index is 0.0411. The van der Waals surface area contributed by atoms with Crippen LogP contribution in [0.4, 0.5) is 0 Å². The second-order valence-electron chi connectivity index (χ2n) is 4.70. The van der Waals surface area contributed by atoms with Crippen molar-refractivity contribution in [3.05, 3.63) is 23.8 Å². The number of amides is 1. The van der Waals surface area contributed by atoms with E-state index in [0.717, 1.165) is 25.2 Å². The van der Waals surface area contributed by atoms with Crippen molar-refractivity contribution in [2.45, 2.75) is 26.3 Å². The van der Waals surface area contributed by atoms with E-state index in [1.54, 1.807) is 6.20 Å². The van der Waals surface area contributed by atoms with Crippen LogP contribution < -0.4 is 5.73 Å². The van der Waals surface area contributed by atoms with Crippen molar-refractivity contribution in [2.24, 2.45) is 11.7 Å². The fourth-order valence-corrected chi connectivity index (χ4v) is 2.07. The summed E-state index contributed by atoms with van der Waals surface area (Å²) < 4.78 is 0. The SMILES string of the molecule is Cc1cnc(C(=O)N2CCC(C(C)N)C2)cn1. The molecule has 5 nitrogen and oxygen atoms in total. The van der Waals surface area contributed by atoms with Crippen LogP contribution in [0.25, 0.3) is 0 Å². The molecule has 1 aliphatic rings. The molecule has 17 heavy (non-hydrogen) atoms. The van der Waals surface area contributed by atoms with Crippen LogP contribution in [0, 0.1) is 12.8 Å². The molecule has 0 saturated carbocycles. The molecule has 0 aliphatic carbocycles. The Morgan fingerprint density at radius 2 is 2.29 bits per heavy atom. The Labute approximate surface area is 101 Å². The molecule has 1 aromatic rings. The third-order valence-corrected chi connectivity index (χ3v) is 3.26. The third kappa shape index (κ3) is 2.61. The molecule has 0 spiro atoms. The summed E-state index contributed by atoms with van der Waals surface area (Å²) in [5.41, 5.74) is 7.09. The van der Waals surface area contributed by atoms with Gasteiger partial charge in [-0.3, -0.25) is 9.78 Å². The van der Waals surface area contributed by atoms with Gasteiger partial charge in [0.25, 0.3) is 5.91 Å². The van der Waals surface area contributed by atoms with Crippen LogP contribution in [-0.2, 0) is 0 Å². The molecule has 0 radical (unpaired) electrons. The van der Waals surface area contributed by atoms with E-state index in [0.29, 0.717) is 11.6 Å². The summed E-state index contributed by atoms with van der Waals surface area (Å²) in [4.78, 5) is 22.1. The number of rotatable bonds is 2. The van der Waals surface area contributed by atoms with E-state index in [-0.39, 0.29) is 11.9 Å². The minimum atomic E-state index is -0.0411. The van der Waals surface area contributed by atoms with Crippen molar-refractivity contribution >= 4 is 5.91 Å². The lowest BCUT2D eigenvalue weighted by atomic mass is 10.0. The first kappa shape index (κ1) is 12.0. The van der Waals surface area contributed by atoms with E-state index in [4.69, 9.17) is 5.73 Å². The number of hydrogen-bond acceptors (Lipinski definition) is 4. The Morgan fingerprint density at radius 3 is 2.82 bits per heavy atom. The van der Waals surface area contributed by atoms with Gasteiger partial charge in [-0.25, -0.2) is 4.98 Å². The van der Waals surface area contributed by atoms with Crippen molar-refractivity contribution in [2.75, 3.05) is 13.1 Å². The summed E-state index contributed by atoms with van der Waals surface area (Å²) in [6.07, 6.45) is 4.13. The number of aromatic nitrogens is 2. The Morgan fingerprint density at radius 1 is 1.53 bits per heavy atom. The van der Waals surface area contributed by atoms with Gasteiger partial charge in [-0.2, -0.15) is 0 Å². The fourth-order valence-electron chi connectivity index (χ4n) is 2.07. The lowest BCUT2D eigenvalue weighted by Crippen LogP contribution is -2.33. The molecule has 2 atom stereocenters. The van der Waals surface area contributed by atoms with Gasteiger partial charge in [-0.1, -0.05) is 0 Å². The van der Waals surface area contributed by atoms with Gasteiger partial charge in [0.05, 0.1) is 11.9 Å². The summed E-state index contributed by atoms with van der Waals surface area (Å²) in [6.45, 7) is 5.33. The molecule has 1 saturated heterocycles. The zero-order valence-electron chi connectivity index (χ0n) is 10.3. The summed E-state index contributed by atoms with van der Waals surface area (Å²) in [5, 5.41) is 0. The fraction of sp³-hybridized carbons (Fsp3) is 0.583. The highest BCUT2D eigenvalue weighted by atomic mass is 16.2. The predicted octanol–water partition coefficient (Wildman–Crippen LogP) is 0.594. The number of likely N-dealkylation sites (tertiary alicyclic amines) is 1. The highest BCUT2D eigenvalue weighted by molar-refractivity contribution is 5.92. The first-order valence-corrected chi connectivity index (χ1v) is 5.91. The topological polar surface area (TPSA) is 72.1 Å². The van der Waals surface area contributed by atoms with Crippen LogP contribution >= 0.6 is 0 Å². The largest absolute Gasteiger partial charge is 0.337 e. The van der Waals surface area contributed by atoms with Gasteiger partial charge < -0.3 is 10.6 Å². The number of carbonyl (C=O) groups excluding carboxylic acids is 1. The summed E-state index contributed by atoms with van der Waals surface area (Å²) in [7, 11) is 0. The minimum Gasteiger partial charge on any atom is -0.337 e. The highest BCUT2D eigenvalue weighted by Crippen LogP contribution is 2.19. The van der Waals surface area contributed by atoms with E-state index >= 15 is 0 Å². The predicted molar refractivity (Wildman–Crippen MR) is 64.4 cm³/mol. The van der Waals surface area contributed by atoms with Gasteiger partial charge in [0.2, 0.25) is 0 Å². The van der Waals surface area contributed by atoms with Crippen LogP contribution in [0.15, 0.2) is 12.4 Å². The van der Waals surface area contributed by atoms with Crippen LogP contribution in [0.5, 0.6) is 0 Å². The summed E-state index contributed by atoms with van der Waals surface area (Å²) in [5.74, 6) is 0.359. The van der Waals surface area contributed by atoms with Gasteiger partial charge in [0.15, 0.2) is 0 Å². The maximum Gasteiger partial charge on any atom is 0.274 e. The zero-order chi connectivity index (χ0) is 12.4. The molecule has 92 valence electrons. The smallest absolute Gasteiger partial charge is 0.274 e. The number of nitrogens with two attached hydrogens (primary N) is 1. The lowest BCUT2D eigenvalue weighted by Gasteiger charge is -2.17. The molecule has 1 aliphatic heterocycles. The van der Waals surface area contributed by atoms with E-state index < -0.39 is 0 Å². The second-order valence-corrected chi connectivity index (χ2v) is 4.70. The van der Waals surface area contributed by atoms with E-state index in [1.165, 1.54) is 6.20 Å². The maximum atomic E-state index is 12.1. The van der Waals surface area contributed by atoms with Crippen molar-refractivity contribution in [3.8, 4) is 0 Å². The number of aryl methyl sites for hydroxylation is 1. The Bertz CT molecular complexity index is 401. The van der Waals surface area contributed by atoms with Gasteiger partial charge in [0.1, 0.15) is 5.69 Å². The quantitative estimate of drug-likeness (QED) is 0.813. The molecule has 2 rings (SSSR count). The molecular weight excluding hydrogens is 216 g/mol. The molecule has 2 N–H and O–H groups in total. The van der Waals surface area contributed by atoms with Crippen LogP contribution in [0.2, 0.25) is 0 Å². The number of nitrogens with zero attached hydrogens (tertiary/aromatic N) is 3. The normalized spacial score (nSPS) is 21.6. The van der Waals surface area contributed by atoms with Crippen LogP contribution in [0.3, 0.4) is 0 Å². The van der Waals surface area contributed by atoms with Crippen molar-refractivity contribution < 1.29 is 4.79 Å². The van der Waals surface area contributed by atoms with Crippen molar-refractivity contribution in [1.29, 1.82) is 0 Å². The molecule has 1 amide bonds. The molecule has 1 aromatic heterocycles. The molecule has 2 unspecified atom stereocenters. The van der Waals surface area contributed by atoms with Gasteiger partial charge >= 0.3 is 0 Å². The summed E-state index contributed by atoms with van der Waals surface area (Å²) >= 11 is 0. The van der Waals surface area contributed by atoms with Gasteiger partial charge in [0, 0.05) is 25.3 Å². The second kappa shape index (κ2) is 4.79. The average Bonchev–Trinajstić information content (AvgIpc) is 2.78. The first-order chi connectivity index (χ1) is 8.08. The summed E-state index contributed by atoms with van der Waals surface area (Å²) in [6, 6.07) is 0.136. The van der Waals surface area contributed by atoms with Crippen molar-refractivity contribution in [3.63, 3.8) is 0 Å². The van der Waals surface area contributed by atoms with E-state index in [9.17, 15) is 4.79 Å². The standard InChI is InChI=1S/C12H18N4O/c1-8-5-15-11(6-14-8)12(17)16-4-3-10(7-16)9(2)13/h5-6,9-10H,3-4,7,13H2,1-2H3. The first-order valence-electron chi connectivity index (χ1n) is 5.91. The molecular formula is C12H18N4O. The van der Waals surface area contributed by atoms with E-state index in [2.05, 4.69) is 9.97 Å². The molecule has 0 aromatic carbocycles. The van der Waals surface area contributed by atoms with Gasteiger partial charge in [-0.15, -0.1) is 0 Å². The van der Waals surface area contributed by atoms with Crippen LogP contribution in [0.1, 0.15) is 29.5 Å². The molecule has 1 fully saturated rings. The van der Waals surface area contributed by atoms with E-state index in [1.807, 2.05) is 18.7 Å². The third-order valence-electron chi connectivity index (χ3n) is 3.26. The lowest BCUT2D eigenvalue weighted by molar-refractivity contribution is 0.0779. The van der Waals surface area contributed by atoms with Crippen molar-refractivity contribution in [1.82, 2.24) is 14.9 Å². The average molecular weight is 234 g/mol. The Kier molecular flexibility index (Phi) is 3.38. The zero-order valence-corrected chi connectivity index (χ0v) is 10.3. The maximum absolute atomic E-state index is 12.1. The molecule has 5 heteroatoms. The molecule has 2 heterocycles. The highest BCUT2D eigenvalue weighted by Gasteiger charge is 2.29. The van der Waals surface area contributed by atoms with Gasteiger partial charge in [-0.05, 0) is 26.2 Å². The van der Waals surface area contributed by atoms with Crippen LogP contribution in [-0.4, -0.2) is 39.9 Å². The Hall–Kier alpha value is -1.49. The Balaban J connectivity index is 2.04. The number of carbonyl (C=O) groups is 1.